The Morgan fingerprint density at radius 2 is 2.00 bits per heavy atom. The summed E-state index contributed by atoms with van der Waals surface area (Å²) in [4.78, 5) is 0. The zero-order chi connectivity index (χ0) is 14.3. The zero-order valence-corrected chi connectivity index (χ0v) is 11.7. The first-order valence-corrected chi connectivity index (χ1v) is 7.30. The lowest BCUT2D eigenvalue weighted by Crippen LogP contribution is -2.15. The van der Waals surface area contributed by atoms with E-state index in [1.165, 1.54) is 0 Å². The van der Waals surface area contributed by atoms with Crippen molar-refractivity contribution in [2.24, 2.45) is 17.8 Å². The Hall–Kier alpha value is -0.870. The monoisotopic (exact) mass is 302 g/mol. The molecule has 0 radical (unpaired) electrons. The van der Waals surface area contributed by atoms with E-state index in [4.69, 9.17) is 21.4 Å². The van der Waals surface area contributed by atoms with Gasteiger partial charge in [0.25, 0.3) is 5.92 Å². The summed E-state index contributed by atoms with van der Waals surface area (Å²) in [5, 5.41) is 9.37. The van der Waals surface area contributed by atoms with Crippen molar-refractivity contribution < 1.29 is 18.6 Å². The Kier molecular flexibility index (Phi) is 3.63. The topological polar surface area (TPSA) is 29.5 Å². The summed E-state index contributed by atoms with van der Waals surface area (Å²) >= 11 is 6.11. The van der Waals surface area contributed by atoms with Crippen LogP contribution in [0.3, 0.4) is 0 Å². The molecule has 0 aromatic heterocycles. The Labute approximate surface area is 121 Å². The van der Waals surface area contributed by atoms with Gasteiger partial charge >= 0.3 is 0 Å². The van der Waals surface area contributed by atoms with Gasteiger partial charge in [-0.3, -0.25) is 0 Å². The van der Waals surface area contributed by atoms with Crippen LogP contribution in [0.1, 0.15) is 18.4 Å². The highest BCUT2D eigenvalue weighted by Crippen LogP contribution is 2.65. The lowest BCUT2D eigenvalue weighted by atomic mass is 10.0. The van der Waals surface area contributed by atoms with Gasteiger partial charge in [0.1, 0.15) is 5.75 Å². The van der Waals surface area contributed by atoms with Crippen LogP contribution >= 0.6 is 11.6 Å². The van der Waals surface area contributed by atoms with Gasteiger partial charge in [0.2, 0.25) is 0 Å². The Bertz CT molecular complexity index is 493. The minimum atomic E-state index is -2.42. The average Bonchev–Trinajstić information content (AvgIpc) is 2.79. The van der Waals surface area contributed by atoms with E-state index in [0.717, 1.165) is 5.56 Å². The third-order valence-corrected chi connectivity index (χ3v) is 4.71. The predicted octanol–water partition coefficient (Wildman–Crippen LogP) is 3.54. The van der Waals surface area contributed by atoms with E-state index >= 15 is 0 Å². The Balaban J connectivity index is 1.52. The van der Waals surface area contributed by atoms with Gasteiger partial charge in [0, 0.05) is 18.4 Å². The molecule has 1 N–H and O–H groups in total. The van der Waals surface area contributed by atoms with Crippen molar-refractivity contribution in [2.75, 3.05) is 13.2 Å². The lowest BCUT2D eigenvalue weighted by Gasteiger charge is -2.16. The number of hydrogen-bond acceptors (Lipinski definition) is 2. The number of aliphatic hydroxyl groups is 1. The molecular formula is C15H17ClF2O2. The quantitative estimate of drug-likeness (QED) is 0.901. The number of ether oxygens (including phenoxy) is 1. The summed E-state index contributed by atoms with van der Waals surface area (Å²) in [7, 11) is 0. The molecule has 5 heteroatoms. The van der Waals surface area contributed by atoms with Crippen LogP contribution in [0.2, 0.25) is 5.02 Å². The summed E-state index contributed by atoms with van der Waals surface area (Å²) < 4.78 is 31.8. The number of benzene rings is 1. The van der Waals surface area contributed by atoms with Crippen LogP contribution in [0.5, 0.6) is 5.75 Å². The highest BCUT2D eigenvalue weighted by molar-refractivity contribution is 6.32. The maximum Gasteiger partial charge on any atom is 0.254 e. The second-order valence-corrected chi connectivity index (χ2v) is 6.18. The summed E-state index contributed by atoms with van der Waals surface area (Å²) in [6.07, 6.45) is 1.66. The van der Waals surface area contributed by atoms with Crippen LogP contribution < -0.4 is 4.74 Å². The number of fused-ring (bicyclic) bond motifs is 1. The maximum atomic E-state index is 13.1. The van der Waals surface area contributed by atoms with Crippen LogP contribution in [0.4, 0.5) is 8.78 Å². The van der Waals surface area contributed by atoms with Crippen molar-refractivity contribution in [3.63, 3.8) is 0 Å². The van der Waals surface area contributed by atoms with Gasteiger partial charge < -0.3 is 9.84 Å². The average molecular weight is 303 g/mol. The van der Waals surface area contributed by atoms with Gasteiger partial charge in [-0.05, 0) is 42.9 Å². The molecule has 110 valence electrons. The SMILES string of the molecule is OCCc1ccc(OCC2CC3C(C2)C3(F)F)c(Cl)c1. The first-order valence-electron chi connectivity index (χ1n) is 6.92. The largest absolute Gasteiger partial charge is 0.492 e. The summed E-state index contributed by atoms with van der Waals surface area (Å²) in [5.41, 5.74) is 0.951. The van der Waals surface area contributed by atoms with E-state index < -0.39 is 17.8 Å². The molecule has 0 bridgehead atoms. The first-order chi connectivity index (χ1) is 9.52. The molecule has 2 nitrogen and oxygen atoms in total. The van der Waals surface area contributed by atoms with Gasteiger partial charge in [-0.1, -0.05) is 17.7 Å². The molecule has 1 aromatic rings. The van der Waals surface area contributed by atoms with Crippen LogP contribution in [-0.2, 0) is 6.42 Å². The molecule has 2 saturated carbocycles. The predicted molar refractivity (Wildman–Crippen MR) is 72.4 cm³/mol. The minimum absolute atomic E-state index is 0.0790. The van der Waals surface area contributed by atoms with Gasteiger partial charge in [0.15, 0.2) is 0 Å². The van der Waals surface area contributed by atoms with Crippen LogP contribution in [0.15, 0.2) is 18.2 Å². The van der Waals surface area contributed by atoms with Gasteiger partial charge in [-0.15, -0.1) is 0 Å². The molecule has 0 amide bonds. The number of alkyl halides is 2. The third-order valence-electron chi connectivity index (χ3n) is 4.41. The molecule has 1 aromatic carbocycles. The molecule has 2 fully saturated rings. The second kappa shape index (κ2) is 5.15. The van der Waals surface area contributed by atoms with Crippen molar-refractivity contribution >= 4 is 11.6 Å². The van der Waals surface area contributed by atoms with E-state index in [9.17, 15) is 8.78 Å². The summed E-state index contributed by atoms with van der Waals surface area (Å²) in [6, 6.07) is 5.41. The highest BCUT2D eigenvalue weighted by atomic mass is 35.5. The smallest absolute Gasteiger partial charge is 0.254 e. The number of hydrogen-bond donors (Lipinski definition) is 1. The Morgan fingerprint density at radius 1 is 1.30 bits per heavy atom. The summed E-state index contributed by atoms with van der Waals surface area (Å²) in [5.74, 6) is -2.46. The van der Waals surface area contributed by atoms with Gasteiger partial charge in [-0.2, -0.15) is 0 Å². The van der Waals surface area contributed by atoms with Crippen molar-refractivity contribution in [3.8, 4) is 5.75 Å². The van der Waals surface area contributed by atoms with E-state index in [1.807, 2.05) is 6.07 Å². The molecular weight excluding hydrogens is 286 g/mol. The van der Waals surface area contributed by atoms with Crippen molar-refractivity contribution in [1.29, 1.82) is 0 Å². The number of aliphatic hydroxyl groups excluding tert-OH is 1. The summed E-state index contributed by atoms with van der Waals surface area (Å²) in [6.45, 7) is 0.526. The number of rotatable bonds is 5. The molecule has 2 aliphatic carbocycles. The lowest BCUT2D eigenvalue weighted by molar-refractivity contribution is 0.0580. The maximum absolute atomic E-state index is 13.1. The minimum Gasteiger partial charge on any atom is -0.492 e. The third kappa shape index (κ3) is 2.51. The van der Waals surface area contributed by atoms with Gasteiger partial charge in [-0.25, -0.2) is 8.78 Å². The normalized spacial score (nSPS) is 30.1. The molecule has 0 heterocycles. The second-order valence-electron chi connectivity index (χ2n) is 5.77. The molecule has 0 saturated heterocycles. The molecule has 0 aliphatic heterocycles. The van der Waals surface area contributed by atoms with Gasteiger partial charge in [0.05, 0.1) is 11.6 Å². The fourth-order valence-electron chi connectivity index (χ4n) is 3.21. The first kappa shape index (κ1) is 14.1. The van der Waals surface area contributed by atoms with E-state index in [0.29, 0.717) is 36.6 Å². The molecule has 20 heavy (non-hydrogen) atoms. The molecule has 2 unspecified atom stereocenters. The Morgan fingerprint density at radius 3 is 2.60 bits per heavy atom. The van der Waals surface area contributed by atoms with E-state index in [-0.39, 0.29) is 12.5 Å². The van der Waals surface area contributed by atoms with Crippen LogP contribution in [-0.4, -0.2) is 24.2 Å². The van der Waals surface area contributed by atoms with Crippen LogP contribution in [0.25, 0.3) is 0 Å². The van der Waals surface area contributed by atoms with E-state index in [2.05, 4.69) is 0 Å². The number of halogens is 3. The van der Waals surface area contributed by atoms with Crippen molar-refractivity contribution in [3.05, 3.63) is 28.8 Å². The van der Waals surface area contributed by atoms with Crippen LogP contribution in [0, 0.1) is 17.8 Å². The zero-order valence-electron chi connectivity index (χ0n) is 11.0. The molecule has 2 aliphatic rings. The molecule has 2 atom stereocenters. The fraction of sp³-hybridized carbons (Fsp3) is 0.600. The standard InChI is InChI=1S/C15H17ClF2O2/c16-13-7-9(3-4-19)1-2-14(13)20-8-10-5-11-12(6-10)15(11,17)18/h1-2,7,10-12,19H,3-6,8H2. The van der Waals surface area contributed by atoms with E-state index in [1.54, 1.807) is 12.1 Å². The highest BCUT2D eigenvalue weighted by Gasteiger charge is 2.71. The fourth-order valence-corrected chi connectivity index (χ4v) is 3.47. The molecule has 3 rings (SSSR count). The molecule has 0 spiro atoms. The van der Waals surface area contributed by atoms with Crippen molar-refractivity contribution in [1.82, 2.24) is 0 Å². The van der Waals surface area contributed by atoms with Crippen molar-refractivity contribution in [2.45, 2.75) is 25.2 Å².